The third kappa shape index (κ3) is 5.48. The summed E-state index contributed by atoms with van der Waals surface area (Å²) in [6.45, 7) is 7.65. The van der Waals surface area contributed by atoms with Gasteiger partial charge in [0, 0.05) is 19.5 Å². The Morgan fingerprint density at radius 2 is 2.19 bits per heavy atom. The number of rotatable bonds is 5. The van der Waals surface area contributed by atoms with Gasteiger partial charge in [-0.2, -0.15) is 5.10 Å². The zero-order chi connectivity index (χ0) is 12.0. The first kappa shape index (κ1) is 12.7. The van der Waals surface area contributed by atoms with Gasteiger partial charge >= 0.3 is 0 Å². The minimum atomic E-state index is 0.0516. The predicted molar refractivity (Wildman–Crippen MR) is 61.7 cm³/mol. The average Bonchev–Trinajstić information content (AvgIpc) is 2.62. The van der Waals surface area contributed by atoms with Gasteiger partial charge in [-0.3, -0.25) is 9.48 Å². The highest BCUT2D eigenvalue weighted by atomic mass is 16.1. The van der Waals surface area contributed by atoms with Crippen molar-refractivity contribution in [2.45, 2.75) is 40.2 Å². The van der Waals surface area contributed by atoms with Gasteiger partial charge in [0.25, 0.3) is 0 Å². The van der Waals surface area contributed by atoms with E-state index >= 15 is 0 Å². The molecule has 90 valence electrons. The molecule has 0 saturated carbocycles. The number of aromatic nitrogens is 3. The van der Waals surface area contributed by atoms with Gasteiger partial charge in [-0.1, -0.05) is 20.8 Å². The lowest BCUT2D eigenvalue weighted by molar-refractivity contribution is -0.122. The van der Waals surface area contributed by atoms with Gasteiger partial charge < -0.3 is 5.32 Å². The Hall–Kier alpha value is -1.39. The number of nitrogens with zero attached hydrogens (tertiary/aromatic N) is 3. The van der Waals surface area contributed by atoms with Gasteiger partial charge in [-0.15, -0.1) is 0 Å². The first-order valence-electron chi connectivity index (χ1n) is 5.56. The second-order valence-electron chi connectivity index (χ2n) is 5.10. The molecule has 0 saturated heterocycles. The van der Waals surface area contributed by atoms with Gasteiger partial charge in [0.1, 0.15) is 12.7 Å². The number of hydrogen-bond donors (Lipinski definition) is 1. The van der Waals surface area contributed by atoms with E-state index in [1.165, 1.54) is 6.33 Å². The Labute approximate surface area is 96.3 Å². The summed E-state index contributed by atoms with van der Waals surface area (Å²) in [5.74, 6) is 0.117. The second-order valence-corrected chi connectivity index (χ2v) is 5.10. The molecule has 0 aliphatic carbocycles. The number of amides is 1. The molecular formula is C11H20N4O. The van der Waals surface area contributed by atoms with E-state index in [0.29, 0.717) is 13.0 Å². The van der Waals surface area contributed by atoms with Crippen LogP contribution in [0.3, 0.4) is 0 Å². The van der Waals surface area contributed by atoms with Crippen molar-refractivity contribution in [1.82, 2.24) is 20.1 Å². The monoisotopic (exact) mass is 224 g/mol. The number of nitrogens with one attached hydrogen (secondary N) is 1. The average molecular weight is 224 g/mol. The predicted octanol–water partition coefficient (Wildman–Crippen LogP) is 1.22. The third-order valence-electron chi connectivity index (χ3n) is 2.04. The van der Waals surface area contributed by atoms with Crippen molar-refractivity contribution < 1.29 is 4.79 Å². The van der Waals surface area contributed by atoms with Gasteiger partial charge in [0.2, 0.25) is 5.91 Å². The van der Waals surface area contributed by atoms with Crippen molar-refractivity contribution in [1.29, 1.82) is 0 Å². The van der Waals surface area contributed by atoms with Crippen LogP contribution in [0.4, 0.5) is 0 Å². The molecule has 1 N–H and O–H groups in total. The SMILES string of the molecule is CC(C)(C)CC(=O)NCCCn1cncn1. The molecule has 1 aromatic rings. The summed E-state index contributed by atoms with van der Waals surface area (Å²) >= 11 is 0. The quantitative estimate of drug-likeness (QED) is 0.765. The molecule has 0 bridgehead atoms. The van der Waals surface area contributed by atoms with Crippen LogP contribution in [0, 0.1) is 5.41 Å². The fraction of sp³-hybridized carbons (Fsp3) is 0.727. The largest absolute Gasteiger partial charge is 0.356 e. The Bertz CT molecular complexity index is 313. The van der Waals surface area contributed by atoms with Crippen molar-refractivity contribution in [3.63, 3.8) is 0 Å². The van der Waals surface area contributed by atoms with E-state index in [2.05, 4.69) is 36.2 Å². The van der Waals surface area contributed by atoms with E-state index < -0.39 is 0 Å². The van der Waals surface area contributed by atoms with Crippen LogP contribution >= 0.6 is 0 Å². The van der Waals surface area contributed by atoms with Gasteiger partial charge in [0.05, 0.1) is 0 Å². The topological polar surface area (TPSA) is 59.8 Å². The highest BCUT2D eigenvalue weighted by Crippen LogP contribution is 2.17. The molecule has 0 atom stereocenters. The summed E-state index contributed by atoms with van der Waals surface area (Å²) in [5.41, 5.74) is 0.0516. The van der Waals surface area contributed by atoms with Crippen LogP contribution in [0.15, 0.2) is 12.7 Å². The molecule has 1 heterocycles. The standard InChI is InChI=1S/C11H20N4O/c1-11(2,3)7-10(16)13-5-4-6-15-9-12-8-14-15/h8-9H,4-7H2,1-3H3,(H,13,16). The van der Waals surface area contributed by atoms with Crippen molar-refractivity contribution in [3.8, 4) is 0 Å². The summed E-state index contributed by atoms with van der Waals surface area (Å²) in [5, 5.41) is 6.89. The summed E-state index contributed by atoms with van der Waals surface area (Å²) in [7, 11) is 0. The Balaban J connectivity index is 2.09. The summed E-state index contributed by atoms with van der Waals surface area (Å²) in [4.78, 5) is 15.3. The fourth-order valence-electron chi connectivity index (χ4n) is 1.36. The van der Waals surface area contributed by atoms with Crippen LogP contribution in [-0.4, -0.2) is 27.2 Å². The Morgan fingerprint density at radius 3 is 2.75 bits per heavy atom. The minimum Gasteiger partial charge on any atom is -0.356 e. The molecule has 0 radical (unpaired) electrons. The Kier molecular flexibility index (Phi) is 4.46. The van der Waals surface area contributed by atoms with Crippen LogP contribution in [0.2, 0.25) is 0 Å². The maximum Gasteiger partial charge on any atom is 0.220 e. The smallest absolute Gasteiger partial charge is 0.220 e. The molecular weight excluding hydrogens is 204 g/mol. The molecule has 1 amide bonds. The molecule has 16 heavy (non-hydrogen) atoms. The Morgan fingerprint density at radius 1 is 1.44 bits per heavy atom. The summed E-state index contributed by atoms with van der Waals surface area (Å²) in [6.07, 6.45) is 4.63. The van der Waals surface area contributed by atoms with Crippen LogP contribution in [0.25, 0.3) is 0 Å². The van der Waals surface area contributed by atoms with E-state index in [-0.39, 0.29) is 11.3 Å². The molecule has 0 aliphatic heterocycles. The molecule has 0 spiro atoms. The molecule has 1 aromatic heterocycles. The molecule has 5 heteroatoms. The van der Waals surface area contributed by atoms with Crippen LogP contribution < -0.4 is 5.32 Å². The van der Waals surface area contributed by atoms with Crippen molar-refractivity contribution in [2.75, 3.05) is 6.54 Å². The number of carbonyl (C=O) groups excluding carboxylic acids is 1. The first-order valence-corrected chi connectivity index (χ1v) is 5.56. The van der Waals surface area contributed by atoms with E-state index in [4.69, 9.17) is 0 Å². The lowest BCUT2D eigenvalue weighted by Crippen LogP contribution is -2.28. The zero-order valence-corrected chi connectivity index (χ0v) is 10.2. The molecule has 5 nitrogen and oxygen atoms in total. The summed E-state index contributed by atoms with van der Waals surface area (Å²) < 4.78 is 1.76. The van der Waals surface area contributed by atoms with E-state index in [9.17, 15) is 4.79 Å². The highest BCUT2D eigenvalue weighted by Gasteiger charge is 2.15. The van der Waals surface area contributed by atoms with Crippen LogP contribution in [0.1, 0.15) is 33.6 Å². The third-order valence-corrected chi connectivity index (χ3v) is 2.04. The number of aryl methyl sites for hydroxylation is 1. The lowest BCUT2D eigenvalue weighted by Gasteiger charge is -2.17. The van der Waals surface area contributed by atoms with Gasteiger partial charge in [-0.25, -0.2) is 4.98 Å². The van der Waals surface area contributed by atoms with Gasteiger partial charge in [0.15, 0.2) is 0 Å². The van der Waals surface area contributed by atoms with E-state index in [0.717, 1.165) is 13.0 Å². The maximum absolute atomic E-state index is 11.5. The van der Waals surface area contributed by atoms with Crippen LogP contribution in [0.5, 0.6) is 0 Å². The second kappa shape index (κ2) is 5.63. The molecule has 0 fully saturated rings. The van der Waals surface area contributed by atoms with Crippen molar-refractivity contribution in [2.24, 2.45) is 5.41 Å². The van der Waals surface area contributed by atoms with Gasteiger partial charge in [-0.05, 0) is 11.8 Å². The van der Waals surface area contributed by atoms with Crippen molar-refractivity contribution >= 4 is 5.91 Å². The maximum atomic E-state index is 11.5. The molecule has 1 rings (SSSR count). The van der Waals surface area contributed by atoms with E-state index in [1.807, 2.05) is 0 Å². The first-order chi connectivity index (χ1) is 7.47. The normalized spacial score (nSPS) is 11.4. The van der Waals surface area contributed by atoms with Crippen LogP contribution in [-0.2, 0) is 11.3 Å². The molecule has 0 aromatic carbocycles. The number of hydrogen-bond acceptors (Lipinski definition) is 3. The fourth-order valence-corrected chi connectivity index (χ4v) is 1.36. The lowest BCUT2D eigenvalue weighted by atomic mass is 9.92. The summed E-state index contributed by atoms with van der Waals surface area (Å²) in [6, 6.07) is 0. The zero-order valence-electron chi connectivity index (χ0n) is 10.2. The molecule has 0 unspecified atom stereocenters. The van der Waals surface area contributed by atoms with Crippen molar-refractivity contribution in [3.05, 3.63) is 12.7 Å². The number of carbonyl (C=O) groups is 1. The minimum absolute atomic E-state index is 0.0516. The van der Waals surface area contributed by atoms with E-state index in [1.54, 1.807) is 11.0 Å². The molecule has 0 aliphatic rings. The highest BCUT2D eigenvalue weighted by molar-refractivity contribution is 5.76.